The molecule has 0 spiro atoms. The predicted molar refractivity (Wildman–Crippen MR) is 253 cm³/mol. The summed E-state index contributed by atoms with van der Waals surface area (Å²) in [4.78, 5) is 4.92. The topological polar surface area (TPSA) is 6.48 Å². The van der Waals surface area contributed by atoms with Crippen molar-refractivity contribution in [2.24, 2.45) is 0 Å². The van der Waals surface area contributed by atoms with Gasteiger partial charge in [0.1, 0.15) is 0 Å². The van der Waals surface area contributed by atoms with Crippen LogP contribution in [0.3, 0.4) is 0 Å². The first-order chi connectivity index (χ1) is 29.8. The van der Waals surface area contributed by atoms with E-state index in [1.54, 1.807) is 0 Å². The van der Waals surface area contributed by atoms with Crippen LogP contribution < -0.4 is 9.80 Å². The Morgan fingerprint density at radius 1 is 0.200 bits per heavy atom. The third-order valence-corrected chi connectivity index (χ3v) is 12.3. The van der Waals surface area contributed by atoms with E-state index in [0.717, 1.165) is 39.6 Å². The molecule has 10 aromatic rings. The zero-order chi connectivity index (χ0) is 39.6. The average Bonchev–Trinajstić information content (AvgIpc) is 3.53. The van der Waals surface area contributed by atoms with E-state index in [2.05, 4.69) is 240 Å². The first-order valence-electron chi connectivity index (χ1n) is 20.7. The van der Waals surface area contributed by atoms with Crippen molar-refractivity contribution < 1.29 is 0 Å². The summed E-state index contributed by atoms with van der Waals surface area (Å²) in [7, 11) is 0. The molecule has 0 unspecified atom stereocenters. The van der Waals surface area contributed by atoms with Gasteiger partial charge in [0.25, 0.3) is 0 Å². The lowest BCUT2D eigenvalue weighted by molar-refractivity contribution is 1.29. The van der Waals surface area contributed by atoms with Gasteiger partial charge in [-0.2, -0.15) is 0 Å². The molecule has 12 rings (SSSR count). The van der Waals surface area contributed by atoms with Gasteiger partial charge in [-0.25, -0.2) is 0 Å². The van der Waals surface area contributed by atoms with Crippen molar-refractivity contribution in [1.82, 2.24) is 0 Å². The standard InChI is InChI=1S/C58H38N2/c1-3-15-39(16-4-1)41-28-27-40-29-32-46(36-44(40)35-41)60-56-26-14-12-24-52(56)48-20-8-10-22-50(48)54-34-31-43(38-58(54)60)42-30-33-53-49-21-9-7-19-47(49)51-23-11-13-25-55(51)59(57(53)37-42)45-17-5-2-6-18-45/h1-38H. The monoisotopic (exact) mass is 762 g/mol. The molecule has 0 atom stereocenters. The highest BCUT2D eigenvalue weighted by atomic mass is 15.2. The van der Waals surface area contributed by atoms with Crippen molar-refractivity contribution in [2.75, 3.05) is 9.80 Å². The van der Waals surface area contributed by atoms with Gasteiger partial charge in [0.15, 0.2) is 0 Å². The molecule has 60 heavy (non-hydrogen) atoms. The van der Waals surface area contributed by atoms with Gasteiger partial charge in [-0.3, -0.25) is 0 Å². The highest BCUT2D eigenvalue weighted by Crippen LogP contribution is 2.54. The predicted octanol–water partition coefficient (Wildman–Crippen LogP) is 16.4. The second kappa shape index (κ2) is 13.9. The lowest BCUT2D eigenvalue weighted by Crippen LogP contribution is -2.11. The van der Waals surface area contributed by atoms with Crippen LogP contribution in [0.5, 0.6) is 0 Å². The Kier molecular flexibility index (Phi) is 7.89. The third kappa shape index (κ3) is 5.50. The highest BCUT2D eigenvalue weighted by molar-refractivity contribution is 6.06. The SMILES string of the molecule is c1ccc(-c2ccc3ccc(N4c5ccccc5-c5ccccc5-c5ccc(-c6ccc7c(c6)N(c6ccccc6)c6ccccc6-c6ccccc6-7)cc54)cc3c2)cc1. The zero-order valence-corrected chi connectivity index (χ0v) is 32.8. The van der Waals surface area contributed by atoms with Crippen LogP contribution in [-0.4, -0.2) is 0 Å². The van der Waals surface area contributed by atoms with E-state index in [9.17, 15) is 0 Å². The fourth-order valence-electron chi connectivity index (χ4n) is 9.52. The van der Waals surface area contributed by atoms with Crippen LogP contribution >= 0.6 is 0 Å². The number of hydrogen-bond acceptors (Lipinski definition) is 2. The second-order valence-corrected chi connectivity index (χ2v) is 15.7. The molecule has 2 nitrogen and oxygen atoms in total. The number of anilines is 6. The fourth-order valence-corrected chi connectivity index (χ4v) is 9.52. The molecule has 0 aromatic heterocycles. The number of hydrogen-bond donors (Lipinski definition) is 0. The molecule has 0 aliphatic carbocycles. The average molecular weight is 763 g/mol. The molecule has 0 fully saturated rings. The third-order valence-electron chi connectivity index (χ3n) is 12.3. The summed E-state index contributed by atoms with van der Waals surface area (Å²) in [6.07, 6.45) is 0. The molecule has 2 aliphatic rings. The van der Waals surface area contributed by atoms with E-state index in [0.29, 0.717) is 0 Å². The summed E-state index contributed by atoms with van der Waals surface area (Å²) in [6, 6.07) is 84.6. The summed E-state index contributed by atoms with van der Waals surface area (Å²) >= 11 is 0. The van der Waals surface area contributed by atoms with Crippen LogP contribution in [0.4, 0.5) is 34.1 Å². The Morgan fingerprint density at radius 2 is 0.600 bits per heavy atom. The van der Waals surface area contributed by atoms with Crippen molar-refractivity contribution in [3.63, 3.8) is 0 Å². The quantitative estimate of drug-likeness (QED) is 0.176. The van der Waals surface area contributed by atoms with E-state index < -0.39 is 0 Å². The Balaban J connectivity index is 1.08. The van der Waals surface area contributed by atoms with Crippen LogP contribution in [0.1, 0.15) is 0 Å². The molecule has 2 heterocycles. The maximum atomic E-state index is 2.48. The van der Waals surface area contributed by atoms with Crippen molar-refractivity contribution in [1.29, 1.82) is 0 Å². The molecular formula is C58H38N2. The van der Waals surface area contributed by atoms with Crippen LogP contribution in [-0.2, 0) is 0 Å². The van der Waals surface area contributed by atoms with Gasteiger partial charge in [0.05, 0.1) is 22.7 Å². The molecule has 2 aliphatic heterocycles. The summed E-state index contributed by atoms with van der Waals surface area (Å²) in [5.41, 5.74) is 21.4. The van der Waals surface area contributed by atoms with Crippen LogP contribution in [0.2, 0.25) is 0 Å². The Labute approximate surface area is 350 Å². The molecule has 0 bridgehead atoms. The maximum Gasteiger partial charge on any atom is 0.0546 e. The number of nitrogens with zero attached hydrogens (tertiary/aromatic N) is 2. The largest absolute Gasteiger partial charge is 0.309 e. The van der Waals surface area contributed by atoms with Crippen molar-refractivity contribution in [2.45, 2.75) is 0 Å². The Hall–Kier alpha value is -7.94. The Bertz CT molecular complexity index is 3270. The van der Waals surface area contributed by atoms with E-state index in [1.807, 2.05) is 0 Å². The molecule has 0 amide bonds. The van der Waals surface area contributed by atoms with E-state index in [-0.39, 0.29) is 0 Å². The van der Waals surface area contributed by atoms with Gasteiger partial charge in [0, 0.05) is 33.6 Å². The smallest absolute Gasteiger partial charge is 0.0546 e. The number of para-hydroxylation sites is 3. The lowest BCUT2D eigenvalue weighted by Gasteiger charge is -2.29. The minimum atomic E-state index is 1.12. The maximum absolute atomic E-state index is 2.48. The van der Waals surface area contributed by atoms with Gasteiger partial charge >= 0.3 is 0 Å². The lowest BCUT2D eigenvalue weighted by atomic mass is 9.91. The highest BCUT2D eigenvalue weighted by Gasteiger charge is 2.29. The molecule has 0 N–H and O–H groups in total. The van der Waals surface area contributed by atoms with Crippen molar-refractivity contribution in [3.05, 3.63) is 231 Å². The first-order valence-corrected chi connectivity index (χ1v) is 20.7. The summed E-state index contributed by atoms with van der Waals surface area (Å²) in [6.45, 7) is 0. The molecule has 0 saturated heterocycles. The molecule has 280 valence electrons. The van der Waals surface area contributed by atoms with Crippen LogP contribution in [0, 0.1) is 0 Å². The van der Waals surface area contributed by atoms with Crippen LogP contribution in [0.15, 0.2) is 231 Å². The van der Waals surface area contributed by atoms with Gasteiger partial charge < -0.3 is 9.80 Å². The fraction of sp³-hybridized carbons (Fsp3) is 0. The minimum Gasteiger partial charge on any atom is -0.309 e. The first kappa shape index (κ1) is 34.1. The van der Waals surface area contributed by atoms with E-state index in [4.69, 9.17) is 0 Å². The van der Waals surface area contributed by atoms with Crippen molar-refractivity contribution >= 4 is 44.9 Å². The van der Waals surface area contributed by atoms with Gasteiger partial charge in [-0.05, 0) is 110 Å². The van der Waals surface area contributed by atoms with E-state index in [1.165, 1.54) is 72.1 Å². The molecule has 0 radical (unpaired) electrons. The number of fused-ring (bicyclic) bond motifs is 11. The molecule has 0 saturated carbocycles. The van der Waals surface area contributed by atoms with Crippen molar-refractivity contribution in [3.8, 4) is 66.8 Å². The zero-order valence-electron chi connectivity index (χ0n) is 32.8. The molecule has 2 heteroatoms. The molecule has 10 aromatic carbocycles. The summed E-state index contributed by atoms with van der Waals surface area (Å²) in [5.74, 6) is 0. The Morgan fingerprint density at radius 3 is 1.15 bits per heavy atom. The summed E-state index contributed by atoms with van der Waals surface area (Å²) in [5, 5.41) is 2.42. The number of benzene rings is 10. The minimum absolute atomic E-state index is 1.12. The molecular weight excluding hydrogens is 725 g/mol. The summed E-state index contributed by atoms with van der Waals surface area (Å²) < 4.78 is 0. The van der Waals surface area contributed by atoms with Crippen LogP contribution in [0.25, 0.3) is 77.5 Å². The van der Waals surface area contributed by atoms with E-state index >= 15 is 0 Å². The normalized spacial score (nSPS) is 12.3. The second-order valence-electron chi connectivity index (χ2n) is 15.7. The van der Waals surface area contributed by atoms with Gasteiger partial charge in [-0.1, -0.05) is 176 Å². The van der Waals surface area contributed by atoms with Gasteiger partial charge in [-0.15, -0.1) is 0 Å². The number of rotatable bonds is 4. The van der Waals surface area contributed by atoms with Gasteiger partial charge in [0.2, 0.25) is 0 Å².